The molecule has 142 valence electrons. The second kappa shape index (κ2) is 9.24. The predicted octanol–water partition coefficient (Wildman–Crippen LogP) is 0.437. The number of nitrogens with one attached hydrogen (secondary N) is 1. The van der Waals surface area contributed by atoms with Crippen molar-refractivity contribution in [1.29, 1.82) is 0 Å². The summed E-state index contributed by atoms with van der Waals surface area (Å²) in [7, 11) is 0. The van der Waals surface area contributed by atoms with Crippen LogP contribution < -0.4 is 5.32 Å². The molecule has 1 rings (SSSR count). The third-order valence-corrected chi connectivity index (χ3v) is 3.52. The predicted molar refractivity (Wildman–Crippen MR) is 88.9 cm³/mol. The Morgan fingerprint density at radius 2 is 1.56 bits per heavy atom. The van der Waals surface area contributed by atoms with Crippen LogP contribution in [0.2, 0.25) is 0 Å². The number of carbonyl (C=O) groups is 4. The summed E-state index contributed by atoms with van der Waals surface area (Å²) in [5, 5.41) is 10.7. The molecule has 0 spiro atoms. The largest absolute Gasteiger partial charge is 0.480 e. The van der Waals surface area contributed by atoms with Crippen molar-refractivity contribution in [2.45, 2.75) is 45.6 Å². The quantitative estimate of drug-likeness (QED) is 0.712. The summed E-state index contributed by atoms with van der Waals surface area (Å²) >= 11 is 0. The second-order valence-corrected chi connectivity index (χ2v) is 6.87. The highest BCUT2D eigenvalue weighted by Gasteiger charge is 2.27. The number of hydrogen-bond acceptors (Lipinski definition) is 5. The summed E-state index contributed by atoms with van der Waals surface area (Å²) in [5.74, 6) is -1.56. The van der Waals surface area contributed by atoms with Crippen LogP contribution in [0.15, 0.2) is 0 Å². The zero-order valence-electron chi connectivity index (χ0n) is 15.0. The van der Waals surface area contributed by atoms with Gasteiger partial charge in [-0.05, 0) is 27.2 Å². The van der Waals surface area contributed by atoms with Gasteiger partial charge in [-0.1, -0.05) is 0 Å². The van der Waals surface area contributed by atoms with E-state index in [-0.39, 0.29) is 30.7 Å². The van der Waals surface area contributed by atoms with Gasteiger partial charge < -0.3 is 25.0 Å². The lowest BCUT2D eigenvalue weighted by Crippen LogP contribution is -2.51. The number of carboxylic acid groups (broad SMARTS) is 1. The van der Waals surface area contributed by atoms with Crippen LogP contribution in [0.5, 0.6) is 0 Å². The number of piperazine rings is 1. The first kappa shape index (κ1) is 20.7. The molecule has 0 aromatic rings. The standard InChI is InChI=1S/C16H27N3O6/c1-16(2,3)25-15(24)19-9-7-18(8-10-19)13(21)6-4-5-12(20)17-11-14(22)23/h4-11H2,1-3H3,(H,17,20)(H,22,23). The van der Waals surface area contributed by atoms with Crippen LogP contribution in [0, 0.1) is 0 Å². The smallest absolute Gasteiger partial charge is 0.410 e. The maximum Gasteiger partial charge on any atom is 0.410 e. The van der Waals surface area contributed by atoms with Crippen LogP contribution in [-0.2, 0) is 19.1 Å². The molecule has 0 atom stereocenters. The number of amides is 3. The molecule has 3 amide bonds. The summed E-state index contributed by atoms with van der Waals surface area (Å²) in [6.07, 6.45) is 0.301. The number of rotatable bonds is 6. The zero-order chi connectivity index (χ0) is 19.0. The van der Waals surface area contributed by atoms with Gasteiger partial charge in [-0.2, -0.15) is 0 Å². The van der Waals surface area contributed by atoms with Crippen molar-refractivity contribution in [2.75, 3.05) is 32.7 Å². The van der Waals surface area contributed by atoms with Crippen molar-refractivity contribution in [2.24, 2.45) is 0 Å². The van der Waals surface area contributed by atoms with E-state index < -0.39 is 18.1 Å². The van der Waals surface area contributed by atoms with Gasteiger partial charge in [-0.15, -0.1) is 0 Å². The molecule has 1 aliphatic heterocycles. The summed E-state index contributed by atoms with van der Waals surface area (Å²) in [6.45, 7) is 6.69. The minimum absolute atomic E-state index is 0.0742. The number of aliphatic carboxylic acids is 1. The number of carboxylic acids is 1. The Morgan fingerprint density at radius 3 is 2.08 bits per heavy atom. The van der Waals surface area contributed by atoms with Gasteiger partial charge in [0.2, 0.25) is 11.8 Å². The van der Waals surface area contributed by atoms with E-state index in [4.69, 9.17) is 9.84 Å². The SMILES string of the molecule is CC(C)(C)OC(=O)N1CCN(C(=O)CCCC(=O)NCC(=O)O)CC1. The van der Waals surface area contributed by atoms with Crippen molar-refractivity contribution < 1.29 is 29.0 Å². The van der Waals surface area contributed by atoms with E-state index in [1.54, 1.807) is 30.6 Å². The van der Waals surface area contributed by atoms with Crippen LogP contribution in [-0.4, -0.2) is 77.1 Å². The number of nitrogens with zero attached hydrogens (tertiary/aromatic N) is 2. The summed E-state index contributed by atoms with van der Waals surface area (Å²) in [4.78, 5) is 49.0. The molecule has 0 aliphatic carbocycles. The molecule has 9 nitrogen and oxygen atoms in total. The van der Waals surface area contributed by atoms with Crippen molar-refractivity contribution >= 4 is 23.9 Å². The maximum absolute atomic E-state index is 12.1. The minimum atomic E-state index is -1.10. The van der Waals surface area contributed by atoms with Crippen molar-refractivity contribution in [3.05, 3.63) is 0 Å². The fourth-order valence-electron chi connectivity index (χ4n) is 2.29. The van der Waals surface area contributed by atoms with E-state index in [1.807, 2.05) is 0 Å². The van der Waals surface area contributed by atoms with Gasteiger partial charge in [-0.25, -0.2) is 4.79 Å². The summed E-state index contributed by atoms with van der Waals surface area (Å²) in [5.41, 5.74) is -0.550. The summed E-state index contributed by atoms with van der Waals surface area (Å²) in [6, 6.07) is 0. The highest BCUT2D eigenvalue weighted by Crippen LogP contribution is 2.12. The minimum Gasteiger partial charge on any atom is -0.480 e. The lowest BCUT2D eigenvalue weighted by molar-refractivity contribution is -0.138. The molecule has 0 aromatic carbocycles. The van der Waals surface area contributed by atoms with E-state index in [0.717, 1.165) is 0 Å². The van der Waals surface area contributed by atoms with E-state index in [2.05, 4.69) is 5.32 Å². The second-order valence-electron chi connectivity index (χ2n) is 6.87. The van der Waals surface area contributed by atoms with Gasteiger partial charge in [0.1, 0.15) is 12.1 Å². The molecule has 9 heteroatoms. The van der Waals surface area contributed by atoms with Gasteiger partial charge in [0.25, 0.3) is 0 Å². The third-order valence-electron chi connectivity index (χ3n) is 3.52. The molecule has 0 aromatic heterocycles. The Kier molecular flexibility index (Phi) is 7.66. The molecule has 2 N–H and O–H groups in total. The molecule has 1 heterocycles. The number of carbonyl (C=O) groups excluding carboxylic acids is 3. The van der Waals surface area contributed by atoms with Crippen molar-refractivity contribution in [3.63, 3.8) is 0 Å². The molecule has 0 saturated carbocycles. The zero-order valence-corrected chi connectivity index (χ0v) is 15.0. The molecule has 0 radical (unpaired) electrons. The Bertz CT molecular complexity index is 506. The van der Waals surface area contributed by atoms with Gasteiger partial charge in [0.05, 0.1) is 0 Å². The maximum atomic E-state index is 12.1. The first-order valence-electron chi connectivity index (χ1n) is 8.32. The molecule has 0 unspecified atom stereocenters. The topological polar surface area (TPSA) is 116 Å². The molecule has 1 saturated heterocycles. The van der Waals surface area contributed by atoms with Crippen LogP contribution in [0.25, 0.3) is 0 Å². The number of ether oxygens (including phenoxy) is 1. The van der Waals surface area contributed by atoms with E-state index in [9.17, 15) is 19.2 Å². The highest BCUT2D eigenvalue weighted by atomic mass is 16.6. The third kappa shape index (κ3) is 8.37. The van der Waals surface area contributed by atoms with Crippen LogP contribution in [0.4, 0.5) is 4.79 Å². The first-order valence-corrected chi connectivity index (χ1v) is 8.32. The van der Waals surface area contributed by atoms with Crippen LogP contribution >= 0.6 is 0 Å². The van der Waals surface area contributed by atoms with E-state index in [1.165, 1.54) is 0 Å². The van der Waals surface area contributed by atoms with E-state index >= 15 is 0 Å². The van der Waals surface area contributed by atoms with Crippen LogP contribution in [0.3, 0.4) is 0 Å². The fraction of sp³-hybridized carbons (Fsp3) is 0.750. The van der Waals surface area contributed by atoms with Crippen LogP contribution in [0.1, 0.15) is 40.0 Å². The van der Waals surface area contributed by atoms with Gasteiger partial charge in [0, 0.05) is 39.0 Å². The van der Waals surface area contributed by atoms with Gasteiger partial charge in [0.15, 0.2) is 0 Å². The Balaban J connectivity index is 2.26. The Labute approximate surface area is 147 Å². The number of hydrogen-bond donors (Lipinski definition) is 2. The molecule has 1 aliphatic rings. The van der Waals surface area contributed by atoms with Crippen molar-refractivity contribution in [3.8, 4) is 0 Å². The Hall–Kier alpha value is -2.32. The van der Waals surface area contributed by atoms with E-state index in [0.29, 0.717) is 32.6 Å². The Morgan fingerprint density at radius 1 is 1.00 bits per heavy atom. The normalized spacial score (nSPS) is 14.8. The average molecular weight is 357 g/mol. The lowest BCUT2D eigenvalue weighted by atomic mass is 10.2. The van der Waals surface area contributed by atoms with Gasteiger partial charge >= 0.3 is 12.1 Å². The molecule has 1 fully saturated rings. The summed E-state index contributed by atoms with van der Waals surface area (Å²) < 4.78 is 5.30. The lowest BCUT2D eigenvalue weighted by Gasteiger charge is -2.35. The molecule has 25 heavy (non-hydrogen) atoms. The first-order chi connectivity index (χ1) is 11.6. The monoisotopic (exact) mass is 357 g/mol. The highest BCUT2D eigenvalue weighted by molar-refractivity contribution is 5.82. The van der Waals surface area contributed by atoms with Crippen molar-refractivity contribution in [1.82, 2.24) is 15.1 Å². The average Bonchev–Trinajstić information content (AvgIpc) is 2.51. The molecular formula is C16H27N3O6. The van der Waals surface area contributed by atoms with Gasteiger partial charge in [-0.3, -0.25) is 14.4 Å². The molecule has 0 bridgehead atoms. The fourth-order valence-corrected chi connectivity index (χ4v) is 2.29. The molecular weight excluding hydrogens is 330 g/mol.